The second kappa shape index (κ2) is 6.13. The topological polar surface area (TPSA) is 47.9 Å². The number of anilines is 1. The molecular weight excluding hydrogens is 326 g/mol. The zero-order valence-corrected chi connectivity index (χ0v) is 13.2. The first kappa shape index (κ1) is 14.6. The zero-order valence-electron chi connectivity index (χ0n) is 10.8. The number of nitrogens with one attached hydrogen (secondary N) is 2. The molecule has 0 amide bonds. The van der Waals surface area contributed by atoms with E-state index in [1.807, 2.05) is 18.2 Å². The lowest BCUT2D eigenvalue weighted by Gasteiger charge is -2.40. The van der Waals surface area contributed by atoms with Crippen LogP contribution in [-0.4, -0.2) is 18.6 Å². The van der Waals surface area contributed by atoms with E-state index in [0.717, 1.165) is 36.1 Å². The molecule has 5 heteroatoms. The van der Waals surface area contributed by atoms with Gasteiger partial charge in [-0.3, -0.25) is 0 Å². The largest absolute Gasteiger partial charge is 0.367 e. The molecule has 1 fully saturated rings. The van der Waals surface area contributed by atoms with Crippen molar-refractivity contribution >= 4 is 33.2 Å². The molecule has 0 bridgehead atoms. The van der Waals surface area contributed by atoms with Crippen molar-refractivity contribution in [1.29, 1.82) is 5.26 Å². The maximum atomic E-state index is 9.65. The summed E-state index contributed by atoms with van der Waals surface area (Å²) in [4.78, 5) is 0. The van der Waals surface area contributed by atoms with Crippen LogP contribution in [-0.2, 0) is 0 Å². The lowest BCUT2D eigenvalue weighted by molar-refractivity contribution is 0.276. The Morgan fingerprint density at radius 1 is 1.63 bits per heavy atom. The third kappa shape index (κ3) is 3.05. The Labute approximate surface area is 127 Å². The van der Waals surface area contributed by atoms with Crippen LogP contribution in [0.2, 0.25) is 5.02 Å². The normalized spacial score (nSPS) is 26.7. The number of nitrogens with zero attached hydrogens (tertiary/aromatic N) is 1. The summed E-state index contributed by atoms with van der Waals surface area (Å²) in [5.74, 6) is 0.306. The molecule has 1 aromatic rings. The van der Waals surface area contributed by atoms with Crippen LogP contribution in [0.3, 0.4) is 0 Å². The number of hydrogen-bond acceptors (Lipinski definition) is 3. The molecule has 1 aliphatic heterocycles. The molecule has 3 nitrogen and oxygen atoms in total. The van der Waals surface area contributed by atoms with E-state index in [-0.39, 0.29) is 0 Å². The summed E-state index contributed by atoms with van der Waals surface area (Å²) < 4.78 is 0.842. The molecule has 0 aromatic heterocycles. The van der Waals surface area contributed by atoms with E-state index in [2.05, 4.69) is 39.6 Å². The van der Waals surface area contributed by atoms with Crippen LogP contribution < -0.4 is 10.6 Å². The van der Waals surface area contributed by atoms with E-state index in [4.69, 9.17) is 11.6 Å². The number of piperidine rings is 1. The van der Waals surface area contributed by atoms with E-state index in [0.29, 0.717) is 10.9 Å². The van der Waals surface area contributed by atoms with Crippen LogP contribution in [0.15, 0.2) is 22.7 Å². The molecular formula is C14H17BrClN3. The van der Waals surface area contributed by atoms with Crippen LogP contribution in [0.1, 0.15) is 19.8 Å². The number of hydrogen-bond donors (Lipinski definition) is 2. The maximum absolute atomic E-state index is 9.65. The van der Waals surface area contributed by atoms with Crippen molar-refractivity contribution in [2.75, 3.05) is 18.4 Å². The highest BCUT2D eigenvalue weighted by Crippen LogP contribution is 2.33. The molecule has 0 aliphatic carbocycles. The van der Waals surface area contributed by atoms with Gasteiger partial charge in [-0.15, -0.1) is 0 Å². The molecule has 0 spiro atoms. The molecule has 2 unspecified atom stereocenters. The molecule has 102 valence electrons. The molecule has 1 heterocycles. The molecule has 2 rings (SSSR count). The van der Waals surface area contributed by atoms with Crippen molar-refractivity contribution in [3.8, 4) is 6.07 Å². The van der Waals surface area contributed by atoms with E-state index < -0.39 is 5.54 Å². The molecule has 2 N–H and O–H groups in total. The fourth-order valence-electron chi connectivity index (χ4n) is 2.60. The Balaban J connectivity index is 2.26. The molecule has 19 heavy (non-hydrogen) atoms. The number of halogens is 2. The first-order valence-corrected chi connectivity index (χ1v) is 7.63. The van der Waals surface area contributed by atoms with Crippen molar-refractivity contribution in [2.45, 2.75) is 25.3 Å². The Morgan fingerprint density at radius 3 is 3.05 bits per heavy atom. The van der Waals surface area contributed by atoms with E-state index in [9.17, 15) is 5.26 Å². The second-order valence-corrected chi connectivity index (χ2v) is 6.16. The van der Waals surface area contributed by atoms with Gasteiger partial charge in [0.1, 0.15) is 5.54 Å². The van der Waals surface area contributed by atoms with Crippen molar-refractivity contribution in [3.63, 3.8) is 0 Å². The third-order valence-corrected chi connectivity index (χ3v) is 4.98. The SMILES string of the molecule is CCC1CNCCC1(C#N)Nc1ccc(Cl)c(Br)c1. The smallest absolute Gasteiger partial charge is 0.130 e. The Morgan fingerprint density at radius 2 is 2.42 bits per heavy atom. The highest BCUT2D eigenvalue weighted by molar-refractivity contribution is 9.10. The Kier molecular flexibility index (Phi) is 4.72. The van der Waals surface area contributed by atoms with Crippen LogP contribution in [0.5, 0.6) is 0 Å². The molecule has 0 radical (unpaired) electrons. The lowest BCUT2D eigenvalue weighted by Crippen LogP contribution is -2.54. The molecule has 2 atom stereocenters. The van der Waals surface area contributed by atoms with Gasteiger partial charge in [0.05, 0.1) is 11.1 Å². The average Bonchev–Trinajstić information content (AvgIpc) is 2.43. The van der Waals surface area contributed by atoms with Gasteiger partial charge in [0.15, 0.2) is 0 Å². The van der Waals surface area contributed by atoms with Crippen molar-refractivity contribution in [3.05, 3.63) is 27.7 Å². The van der Waals surface area contributed by atoms with Gasteiger partial charge < -0.3 is 10.6 Å². The summed E-state index contributed by atoms with van der Waals surface area (Å²) in [6.45, 7) is 3.88. The zero-order chi connectivity index (χ0) is 13.9. The van der Waals surface area contributed by atoms with Gasteiger partial charge in [0.25, 0.3) is 0 Å². The van der Waals surface area contributed by atoms with Crippen molar-refractivity contribution in [1.82, 2.24) is 5.32 Å². The van der Waals surface area contributed by atoms with Gasteiger partial charge in [-0.1, -0.05) is 18.5 Å². The Bertz CT molecular complexity index is 500. The van der Waals surface area contributed by atoms with Crippen molar-refractivity contribution < 1.29 is 0 Å². The highest BCUT2D eigenvalue weighted by atomic mass is 79.9. The number of nitriles is 1. The fourth-order valence-corrected chi connectivity index (χ4v) is 3.10. The summed E-state index contributed by atoms with van der Waals surface area (Å²) in [6, 6.07) is 8.18. The number of benzene rings is 1. The summed E-state index contributed by atoms with van der Waals surface area (Å²) in [5, 5.41) is 17.1. The van der Waals surface area contributed by atoms with Crippen LogP contribution in [0.25, 0.3) is 0 Å². The summed E-state index contributed by atoms with van der Waals surface area (Å²) >= 11 is 9.41. The molecule has 1 aromatic carbocycles. The van der Waals surface area contributed by atoms with Crippen molar-refractivity contribution in [2.24, 2.45) is 5.92 Å². The third-order valence-electron chi connectivity index (χ3n) is 3.76. The lowest BCUT2D eigenvalue weighted by atomic mass is 9.78. The van der Waals surface area contributed by atoms with E-state index in [1.165, 1.54) is 0 Å². The second-order valence-electron chi connectivity index (χ2n) is 4.90. The Hall–Kier alpha value is -0.760. The highest BCUT2D eigenvalue weighted by Gasteiger charge is 2.40. The molecule has 1 aliphatic rings. The van der Waals surface area contributed by atoms with Gasteiger partial charge in [-0.05, 0) is 53.5 Å². The van der Waals surface area contributed by atoms with Crippen LogP contribution in [0.4, 0.5) is 5.69 Å². The van der Waals surface area contributed by atoms with E-state index in [1.54, 1.807) is 0 Å². The molecule has 0 saturated carbocycles. The maximum Gasteiger partial charge on any atom is 0.130 e. The van der Waals surface area contributed by atoms with Gasteiger partial charge >= 0.3 is 0 Å². The number of rotatable bonds is 3. The monoisotopic (exact) mass is 341 g/mol. The first-order valence-electron chi connectivity index (χ1n) is 6.46. The van der Waals surface area contributed by atoms with Crippen LogP contribution in [0, 0.1) is 17.2 Å². The van der Waals surface area contributed by atoms with Gasteiger partial charge in [-0.25, -0.2) is 0 Å². The molecule has 1 saturated heterocycles. The standard InChI is InChI=1S/C14H17BrClN3/c1-2-10-8-18-6-5-14(10,9-17)19-11-3-4-13(16)12(15)7-11/h3-4,7,10,18-19H,2,5-6,8H2,1H3. The summed E-state index contributed by atoms with van der Waals surface area (Å²) in [7, 11) is 0. The average molecular weight is 343 g/mol. The van der Waals surface area contributed by atoms with Gasteiger partial charge in [-0.2, -0.15) is 5.26 Å². The predicted octanol–water partition coefficient (Wildman–Crippen LogP) is 3.80. The quantitative estimate of drug-likeness (QED) is 0.878. The minimum absolute atomic E-state index is 0.306. The summed E-state index contributed by atoms with van der Waals surface area (Å²) in [5.41, 5.74) is 0.436. The van der Waals surface area contributed by atoms with E-state index >= 15 is 0 Å². The van der Waals surface area contributed by atoms with Crippen LogP contribution >= 0.6 is 27.5 Å². The summed E-state index contributed by atoms with van der Waals surface area (Å²) in [6.07, 6.45) is 1.78. The predicted molar refractivity (Wildman–Crippen MR) is 82.4 cm³/mol. The minimum atomic E-state index is -0.493. The van der Waals surface area contributed by atoms with Gasteiger partial charge in [0.2, 0.25) is 0 Å². The van der Waals surface area contributed by atoms with Gasteiger partial charge in [0, 0.05) is 22.6 Å². The fraction of sp³-hybridized carbons (Fsp3) is 0.500. The first-order chi connectivity index (χ1) is 9.11. The minimum Gasteiger partial charge on any atom is -0.367 e.